The Morgan fingerprint density at radius 3 is 2.56 bits per heavy atom. The van der Waals surface area contributed by atoms with Crippen molar-refractivity contribution >= 4 is 5.95 Å². The van der Waals surface area contributed by atoms with E-state index in [1.165, 1.54) is 12.8 Å². The molecule has 0 radical (unpaired) electrons. The Kier molecular flexibility index (Phi) is 3.51. The van der Waals surface area contributed by atoms with E-state index in [4.69, 9.17) is 5.26 Å². The highest BCUT2D eigenvalue weighted by atomic mass is 15.2. The van der Waals surface area contributed by atoms with Crippen molar-refractivity contribution in [1.29, 1.82) is 5.26 Å². The third-order valence-corrected chi connectivity index (χ3v) is 3.76. The highest BCUT2D eigenvalue weighted by molar-refractivity contribution is 5.34. The van der Waals surface area contributed by atoms with Gasteiger partial charge in [0.05, 0.1) is 0 Å². The number of hydrogen-bond donors (Lipinski definition) is 0. The van der Waals surface area contributed by atoms with Crippen LogP contribution >= 0.6 is 0 Å². The molecule has 0 N–H and O–H groups in total. The van der Waals surface area contributed by atoms with Gasteiger partial charge in [0.2, 0.25) is 5.95 Å². The van der Waals surface area contributed by atoms with Crippen LogP contribution in [0.3, 0.4) is 0 Å². The highest BCUT2D eigenvalue weighted by Crippen LogP contribution is 2.34. The molecule has 0 saturated carbocycles. The monoisotopic (exact) mass is 244 g/mol. The molecule has 2 heterocycles. The summed E-state index contributed by atoms with van der Waals surface area (Å²) >= 11 is 0. The smallest absolute Gasteiger partial charge is 0.226 e. The molecule has 0 atom stereocenters. The molecule has 0 aliphatic carbocycles. The van der Waals surface area contributed by atoms with Crippen LogP contribution in [-0.4, -0.2) is 23.1 Å². The van der Waals surface area contributed by atoms with Gasteiger partial charge in [-0.15, -0.1) is 0 Å². The quantitative estimate of drug-likeness (QED) is 0.762. The average Bonchev–Trinajstić information content (AvgIpc) is 2.38. The summed E-state index contributed by atoms with van der Waals surface area (Å²) < 4.78 is 0. The maximum absolute atomic E-state index is 8.85. The minimum atomic E-state index is 0.376. The predicted octanol–water partition coefficient (Wildman–Crippen LogP) is 2.61. The van der Waals surface area contributed by atoms with Crippen molar-refractivity contribution in [3.8, 4) is 6.07 Å². The lowest BCUT2D eigenvalue weighted by atomic mass is 9.75. The van der Waals surface area contributed by atoms with Crippen LogP contribution in [0, 0.1) is 22.7 Å². The van der Waals surface area contributed by atoms with E-state index in [1.54, 1.807) is 12.3 Å². The normalized spacial score (nSPS) is 17.6. The predicted molar refractivity (Wildman–Crippen MR) is 71.1 cm³/mol. The summed E-state index contributed by atoms with van der Waals surface area (Å²) in [5, 5.41) is 8.85. The maximum atomic E-state index is 8.85. The van der Waals surface area contributed by atoms with Gasteiger partial charge < -0.3 is 4.90 Å². The van der Waals surface area contributed by atoms with Crippen molar-refractivity contribution in [2.24, 2.45) is 11.3 Å². The summed E-state index contributed by atoms with van der Waals surface area (Å²) in [5.74, 6) is 1.45. The molecule has 0 amide bonds. The van der Waals surface area contributed by atoms with E-state index in [9.17, 15) is 0 Å². The number of nitrogens with zero attached hydrogens (tertiary/aromatic N) is 4. The minimum Gasteiger partial charge on any atom is -0.341 e. The Hall–Kier alpha value is -1.63. The van der Waals surface area contributed by atoms with E-state index in [0.717, 1.165) is 19.0 Å². The van der Waals surface area contributed by atoms with Crippen LogP contribution in [0.4, 0.5) is 5.95 Å². The van der Waals surface area contributed by atoms with Crippen molar-refractivity contribution in [2.45, 2.75) is 33.6 Å². The van der Waals surface area contributed by atoms with Crippen LogP contribution in [0.2, 0.25) is 0 Å². The van der Waals surface area contributed by atoms with E-state index in [1.807, 2.05) is 0 Å². The molecule has 1 saturated heterocycles. The number of hydrogen-bond acceptors (Lipinski definition) is 4. The SMILES string of the molecule is CC(C)(C)C1CCN(c2nccc(C#N)n2)CC1. The fourth-order valence-electron chi connectivity index (χ4n) is 2.51. The lowest BCUT2D eigenvalue weighted by Gasteiger charge is -2.38. The number of piperidine rings is 1. The Morgan fingerprint density at radius 2 is 2.00 bits per heavy atom. The molecule has 1 aromatic heterocycles. The minimum absolute atomic E-state index is 0.376. The first-order valence-corrected chi connectivity index (χ1v) is 6.49. The Labute approximate surface area is 109 Å². The number of rotatable bonds is 1. The molecule has 4 nitrogen and oxygen atoms in total. The van der Waals surface area contributed by atoms with Crippen molar-refractivity contribution < 1.29 is 0 Å². The van der Waals surface area contributed by atoms with Crippen molar-refractivity contribution in [3.05, 3.63) is 18.0 Å². The van der Waals surface area contributed by atoms with Gasteiger partial charge >= 0.3 is 0 Å². The zero-order valence-electron chi connectivity index (χ0n) is 11.3. The summed E-state index contributed by atoms with van der Waals surface area (Å²) in [7, 11) is 0. The third-order valence-electron chi connectivity index (χ3n) is 3.76. The zero-order valence-corrected chi connectivity index (χ0v) is 11.3. The second kappa shape index (κ2) is 4.93. The van der Waals surface area contributed by atoms with Crippen LogP contribution in [0.5, 0.6) is 0 Å². The van der Waals surface area contributed by atoms with Crippen molar-refractivity contribution in [3.63, 3.8) is 0 Å². The van der Waals surface area contributed by atoms with Gasteiger partial charge in [-0.2, -0.15) is 5.26 Å². The van der Waals surface area contributed by atoms with Crippen molar-refractivity contribution in [1.82, 2.24) is 9.97 Å². The molecule has 0 aromatic carbocycles. The summed E-state index contributed by atoms with van der Waals surface area (Å²) in [6.45, 7) is 8.88. The van der Waals surface area contributed by atoms with E-state index >= 15 is 0 Å². The summed E-state index contributed by atoms with van der Waals surface area (Å²) in [4.78, 5) is 10.7. The van der Waals surface area contributed by atoms with Gasteiger partial charge in [0, 0.05) is 19.3 Å². The molecular formula is C14H20N4. The van der Waals surface area contributed by atoms with Crippen LogP contribution in [0.15, 0.2) is 12.3 Å². The van der Waals surface area contributed by atoms with Gasteiger partial charge in [-0.3, -0.25) is 0 Å². The van der Waals surface area contributed by atoms with Gasteiger partial charge in [0.25, 0.3) is 0 Å². The van der Waals surface area contributed by atoms with E-state index in [-0.39, 0.29) is 0 Å². The van der Waals surface area contributed by atoms with E-state index < -0.39 is 0 Å². The molecule has 2 rings (SSSR count). The molecule has 1 aliphatic rings. The Morgan fingerprint density at radius 1 is 1.33 bits per heavy atom. The van der Waals surface area contributed by atoms with Crippen LogP contribution < -0.4 is 4.90 Å². The topological polar surface area (TPSA) is 52.8 Å². The van der Waals surface area contributed by atoms with Crippen LogP contribution in [0.1, 0.15) is 39.3 Å². The second-order valence-electron chi connectivity index (χ2n) is 5.98. The summed E-state index contributed by atoms with van der Waals surface area (Å²) in [5.41, 5.74) is 0.819. The Bertz CT molecular complexity index is 448. The molecular weight excluding hydrogens is 224 g/mol. The highest BCUT2D eigenvalue weighted by Gasteiger charge is 2.29. The number of nitriles is 1. The summed E-state index contributed by atoms with van der Waals surface area (Å²) in [6.07, 6.45) is 4.00. The van der Waals surface area contributed by atoms with E-state index in [0.29, 0.717) is 17.1 Å². The maximum Gasteiger partial charge on any atom is 0.226 e. The molecule has 0 unspecified atom stereocenters. The molecule has 0 bridgehead atoms. The molecule has 0 spiro atoms. The van der Waals surface area contributed by atoms with Gasteiger partial charge in [-0.25, -0.2) is 9.97 Å². The molecule has 1 aromatic rings. The lowest BCUT2D eigenvalue weighted by molar-refractivity contribution is 0.198. The fraction of sp³-hybridized carbons (Fsp3) is 0.643. The molecule has 1 aliphatic heterocycles. The first-order valence-electron chi connectivity index (χ1n) is 6.49. The molecule has 1 fully saturated rings. The number of anilines is 1. The van der Waals surface area contributed by atoms with Gasteiger partial charge in [0.1, 0.15) is 11.8 Å². The van der Waals surface area contributed by atoms with E-state index in [2.05, 4.69) is 41.7 Å². The fourth-order valence-corrected chi connectivity index (χ4v) is 2.51. The van der Waals surface area contributed by atoms with Gasteiger partial charge in [-0.1, -0.05) is 20.8 Å². The molecule has 18 heavy (non-hydrogen) atoms. The molecule has 96 valence electrons. The van der Waals surface area contributed by atoms with Gasteiger partial charge in [0.15, 0.2) is 0 Å². The average molecular weight is 244 g/mol. The third kappa shape index (κ3) is 2.79. The zero-order chi connectivity index (χ0) is 13.2. The lowest BCUT2D eigenvalue weighted by Crippen LogP contribution is -2.38. The summed E-state index contributed by atoms with van der Waals surface area (Å²) in [6, 6.07) is 3.71. The van der Waals surface area contributed by atoms with Crippen LogP contribution in [-0.2, 0) is 0 Å². The molecule has 4 heteroatoms. The standard InChI is InChI=1S/C14H20N4/c1-14(2,3)11-5-8-18(9-6-11)13-16-7-4-12(10-15)17-13/h4,7,11H,5-6,8-9H2,1-3H3. The van der Waals surface area contributed by atoms with Crippen molar-refractivity contribution in [2.75, 3.05) is 18.0 Å². The first kappa shape index (κ1) is 12.8. The largest absolute Gasteiger partial charge is 0.341 e. The number of aromatic nitrogens is 2. The first-order chi connectivity index (χ1) is 8.50. The second-order valence-corrected chi connectivity index (χ2v) is 5.98. The Balaban J connectivity index is 2.04. The van der Waals surface area contributed by atoms with Gasteiger partial charge in [-0.05, 0) is 30.2 Å². The van der Waals surface area contributed by atoms with Crippen LogP contribution in [0.25, 0.3) is 0 Å².